The number of aryl methyl sites for hydroxylation is 1. The van der Waals surface area contributed by atoms with Crippen molar-refractivity contribution in [3.05, 3.63) is 99.8 Å². The zero-order valence-corrected chi connectivity index (χ0v) is 20.2. The van der Waals surface area contributed by atoms with Crippen molar-refractivity contribution >= 4 is 23.2 Å². The molecule has 1 aliphatic carbocycles. The lowest BCUT2D eigenvalue weighted by molar-refractivity contribution is 0.0850. The van der Waals surface area contributed by atoms with Gasteiger partial charge in [-0.25, -0.2) is 13.9 Å². The van der Waals surface area contributed by atoms with Crippen molar-refractivity contribution in [1.82, 2.24) is 25.2 Å². The Morgan fingerprint density at radius 2 is 1.92 bits per heavy atom. The molecule has 0 saturated carbocycles. The highest BCUT2D eigenvalue weighted by Gasteiger charge is 2.33. The molecule has 4 aromatic rings. The van der Waals surface area contributed by atoms with Gasteiger partial charge in [-0.05, 0) is 48.2 Å². The highest BCUT2D eigenvalue weighted by molar-refractivity contribution is 5.98. The first-order chi connectivity index (χ1) is 17.7. The second-order valence-corrected chi connectivity index (χ2v) is 9.09. The first-order valence-corrected chi connectivity index (χ1v) is 11.7. The third-order valence-electron chi connectivity index (χ3n) is 6.49. The first-order valence-electron chi connectivity index (χ1n) is 11.7. The molecule has 3 N–H and O–H groups in total. The van der Waals surface area contributed by atoms with Gasteiger partial charge in [0, 0.05) is 30.7 Å². The fourth-order valence-corrected chi connectivity index (χ4v) is 4.53. The number of Topliss-reactive ketones (excluding diaryl/α,β-unsaturated/α-hetero) is 1. The maximum Gasteiger partial charge on any atom is 0.270 e. The molecule has 0 bridgehead atoms. The van der Waals surface area contributed by atoms with Gasteiger partial charge in [-0.1, -0.05) is 24.3 Å². The van der Waals surface area contributed by atoms with Crippen LogP contribution in [-0.2, 0) is 13.0 Å². The van der Waals surface area contributed by atoms with Crippen molar-refractivity contribution in [2.45, 2.75) is 39.0 Å². The molecule has 1 aliphatic rings. The molecule has 37 heavy (non-hydrogen) atoms. The Hall–Kier alpha value is -4.44. The molecule has 2 atom stereocenters. The second kappa shape index (κ2) is 9.55. The Labute approximate surface area is 211 Å². The van der Waals surface area contributed by atoms with Crippen LogP contribution < -0.4 is 10.6 Å². The molecule has 10 heteroatoms. The summed E-state index contributed by atoms with van der Waals surface area (Å²) in [7, 11) is 0. The number of carbonyl (C=O) groups excluding carboxylic acids is 3. The van der Waals surface area contributed by atoms with Gasteiger partial charge in [-0.2, -0.15) is 5.10 Å². The Morgan fingerprint density at radius 1 is 1.11 bits per heavy atom. The highest BCUT2D eigenvalue weighted by Crippen LogP contribution is 2.32. The average molecular weight is 502 g/mol. The summed E-state index contributed by atoms with van der Waals surface area (Å²) >= 11 is 0. The van der Waals surface area contributed by atoms with E-state index in [0.29, 0.717) is 23.2 Å². The summed E-state index contributed by atoms with van der Waals surface area (Å²) < 4.78 is 14.8. The van der Waals surface area contributed by atoms with Crippen molar-refractivity contribution < 1.29 is 23.9 Å². The SMILES string of the molecule is CC(=O)c1ccc2c(c1)C[C@@H](O)[C@@H]2NC(=O)c1cc(C(=O)NCc2ccc(F)c(C)c2)nc2ccnn12. The molecule has 2 heterocycles. The smallest absolute Gasteiger partial charge is 0.270 e. The molecule has 0 aliphatic heterocycles. The Kier molecular flexibility index (Phi) is 6.26. The van der Waals surface area contributed by atoms with Gasteiger partial charge in [0.1, 0.15) is 17.2 Å². The Morgan fingerprint density at radius 3 is 2.68 bits per heavy atom. The molecule has 0 fully saturated rings. The average Bonchev–Trinajstić information content (AvgIpc) is 3.47. The van der Waals surface area contributed by atoms with Crippen molar-refractivity contribution in [2.24, 2.45) is 0 Å². The number of aliphatic hydroxyl groups excluding tert-OH is 1. The van der Waals surface area contributed by atoms with Crippen LogP contribution in [0.25, 0.3) is 5.65 Å². The van der Waals surface area contributed by atoms with Crippen LogP contribution >= 0.6 is 0 Å². The number of hydrogen-bond donors (Lipinski definition) is 3. The van der Waals surface area contributed by atoms with Crippen molar-refractivity contribution in [3.8, 4) is 0 Å². The molecule has 2 aromatic heterocycles. The predicted molar refractivity (Wildman–Crippen MR) is 132 cm³/mol. The number of nitrogens with zero attached hydrogens (tertiary/aromatic N) is 3. The number of amides is 2. The molecule has 0 unspecified atom stereocenters. The number of carbonyl (C=O) groups is 3. The predicted octanol–water partition coefficient (Wildman–Crippen LogP) is 2.70. The van der Waals surface area contributed by atoms with Crippen molar-refractivity contribution in [3.63, 3.8) is 0 Å². The molecule has 2 aromatic carbocycles. The van der Waals surface area contributed by atoms with Gasteiger partial charge in [0.2, 0.25) is 0 Å². The summed E-state index contributed by atoms with van der Waals surface area (Å²) in [5.41, 5.74) is 3.62. The minimum atomic E-state index is -0.877. The summed E-state index contributed by atoms with van der Waals surface area (Å²) in [6.07, 6.45) is 0.884. The standard InChI is InChI=1S/C27H24FN5O4/c1-14-9-16(3-6-20(14)28)13-29-26(36)21-12-22(33-24(31-21)7-8-30-33)27(37)32-25-19-5-4-17(15(2)34)10-18(19)11-23(25)35/h3-10,12,23,25,35H,11,13H2,1-2H3,(H,29,36)(H,32,37)/t23-,25-/m1/s1. The summed E-state index contributed by atoms with van der Waals surface area (Å²) in [6.45, 7) is 3.27. The van der Waals surface area contributed by atoms with E-state index in [1.807, 2.05) is 0 Å². The van der Waals surface area contributed by atoms with Crippen LogP contribution in [0, 0.1) is 12.7 Å². The van der Waals surface area contributed by atoms with Crippen molar-refractivity contribution in [2.75, 3.05) is 0 Å². The van der Waals surface area contributed by atoms with Crippen LogP contribution in [0.2, 0.25) is 0 Å². The number of benzene rings is 2. The molecule has 2 amide bonds. The molecule has 5 rings (SSSR count). The second-order valence-electron chi connectivity index (χ2n) is 9.09. The third kappa shape index (κ3) is 4.70. The fourth-order valence-electron chi connectivity index (χ4n) is 4.53. The van der Waals surface area contributed by atoms with E-state index in [4.69, 9.17) is 0 Å². The van der Waals surface area contributed by atoms with E-state index in [1.54, 1.807) is 43.3 Å². The van der Waals surface area contributed by atoms with Gasteiger partial charge < -0.3 is 15.7 Å². The Bertz CT molecular complexity index is 1560. The molecule has 9 nitrogen and oxygen atoms in total. The summed E-state index contributed by atoms with van der Waals surface area (Å²) in [5, 5.41) is 20.4. The van der Waals surface area contributed by atoms with Crippen molar-refractivity contribution in [1.29, 1.82) is 0 Å². The minimum Gasteiger partial charge on any atom is -0.390 e. The summed E-state index contributed by atoms with van der Waals surface area (Å²) in [4.78, 5) is 42.2. The molecule has 0 radical (unpaired) electrons. The monoisotopic (exact) mass is 501 g/mol. The van der Waals surface area contributed by atoms with E-state index in [2.05, 4.69) is 20.7 Å². The van der Waals surface area contributed by atoms with E-state index in [9.17, 15) is 23.9 Å². The first kappa shape index (κ1) is 24.3. The van der Waals surface area contributed by atoms with Crippen LogP contribution in [0.1, 0.15) is 66.6 Å². The lowest BCUT2D eigenvalue weighted by Crippen LogP contribution is -2.35. The zero-order chi connectivity index (χ0) is 26.3. The van der Waals surface area contributed by atoms with Gasteiger partial charge in [0.05, 0.1) is 18.3 Å². The number of ketones is 1. The molecule has 188 valence electrons. The molecule has 0 saturated heterocycles. The lowest BCUT2D eigenvalue weighted by atomic mass is 10.0. The molecule has 0 spiro atoms. The number of aromatic nitrogens is 3. The van der Waals surface area contributed by atoms with Gasteiger partial charge in [-0.15, -0.1) is 0 Å². The van der Waals surface area contributed by atoms with Crippen LogP contribution in [0.15, 0.2) is 54.7 Å². The number of halogens is 1. The Balaban J connectivity index is 1.38. The lowest BCUT2D eigenvalue weighted by Gasteiger charge is -2.18. The number of hydrogen-bond acceptors (Lipinski definition) is 6. The fraction of sp³-hybridized carbons (Fsp3) is 0.222. The maximum absolute atomic E-state index is 13.5. The summed E-state index contributed by atoms with van der Waals surface area (Å²) in [5.74, 6) is -1.47. The minimum absolute atomic E-state index is 0.00968. The quantitative estimate of drug-likeness (QED) is 0.349. The topological polar surface area (TPSA) is 126 Å². The number of nitrogens with one attached hydrogen (secondary N) is 2. The van der Waals surface area contributed by atoms with Gasteiger partial charge in [-0.3, -0.25) is 14.4 Å². The normalized spacial score (nSPS) is 16.4. The maximum atomic E-state index is 13.5. The third-order valence-corrected chi connectivity index (χ3v) is 6.49. The van der Waals surface area contributed by atoms with E-state index in [-0.39, 0.29) is 29.5 Å². The van der Waals surface area contributed by atoms with Crippen LogP contribution in [0.3, 0.4) is 0 Å². The van der Waals surface area contributed by atoms with E-state index < -0.39 is 24.0 Å². The number of fused-ring (bicyclic) bond motifs is 2. The largest absolute Gasteiger partial charge is 0.390 e. The van der Waals surface area contributed by atoms with Gasteiger partial charge in [0.15, 0.2) is 11.4 Å². The van der Waals surface area contributed by atoms with Gasteiger partial charge >= 0.3 is 0 Å². The molecular formula is C27H24FN5O4. The van der Waals surface area contributed by atoms with E-state index >= 15 is 0 Å². The summed E-state index contributed by atoms with van der Waals surface area (Å²) in [6, 6.07) is 11.9. The van der Waals surface area contributed by atoms with Crippen LogP contribution in [0.4, 0.5) is 4.39 Å². The van der Waals surface area contributed by atoms with E-state index in [0.717, 1.165) is 16.7 Å². The van der Waals surface area contributed by atoms with Gasteiger partial charge in [0.25, 0.3) is 11.8 Å². The van der Waals surface area contributed by atoms with E-state index in [1.165, 1.54) is 29.8 Å². The number of aliphatic hydroxyl groups is 1. The number of rotatable bonds is 6. The van der Waals surface area contributed by atoms with Crippen LogP contribution in [0.5, 0.6) is 0 Å². The zero-order valence-electron chi connectivity index (χ0n) is 20.2. The molecular weight excluding hydrogens is 477 g/mol. The van der Waals surface area contributed by atoms with Crippen LogP contribution in [-0.4, -0.2) is 43.4 Å². The highest BCUT2D eigenvalue weighted by atomic mass is 19.1.